The minimum absolute atomic E-state index is 0.0794. The normalized spacial score (nSPS) is 19.5. The number of ether oxygens (including phenoxy) is 2. The summed E-state index contributed by atoms with van der Waals surface area (Å²) in [6, 6.07) is 0.216. The lowest BCUT2D eigenvalue weighted by Crippen LogP contribution is -2.46. The maximum absolute atomic E-state index is 11.8. The van der Waals surface area contributed by atoms with Crippen molar-refractivity contribution < 1.29 is 14.3 Å². The molecular weight excluding hydrogens is 244 g/mol. The SMILES string of the molecule is C[C@H](COC(=O)CN1CCOCC1)N(C)C(C)(C)C. The van der Waals surface area contributed by atoms with E-state index in [1.807, 2.05) is 0 Å². The first-order valence-corrected chi connectivity index (χ1v) is 6.99. The second-order valence-electron chi connectivity index (χ2n) is 6.20. The second kappa shape index (κ2) is 7.22. The monoisotopic (exact) mass is 272 g/mol. The summed E-state index contributed by atoms with van der Waals surface area (Å²) in [6.07, 6.45) is 0. The highest BCUT2D eigenvalue weighted by Crippen LogP contribution is 2.14. The predicted octanol–water partition coefficient (Wildman–Crippen LogP) is 0.981. The third kappa shape index (κ3) is 5.89. The van der Waals surface area contributed by atoms with E-state index in [0.717, 1.165) is 13.1 Å². The van der Waals surface area contributed by atoms with Gasteiger partial charge in [0.15, 0.2) is 0 Å². The number of rotatable bonds is 5. The predicted molar refractivity (Wildman–Crippen MR) is 75.2 cm³/mol. The molecule has 112 valence electrons. The highest BCUT2D eigenvalue weighted by atomic mass is 16.5. The van der Waals surface area contributed by atoms with Gasteiger partial charge in [-0.1, -0.05) is 0 Å². The molecule has 19 heavy (non-hydrogen) atoms. The molecule has 0 aromatic carbocycles. The summed E-state index contributed by atoms with van der Waals surface area (Å²) in [5.74, 6) is -0.143. The molecule has 0 amide bonds. The van der Waals surface area contributed by atoms with Crippen LogP contribution >= 0.6 is 0 Å². The van der Waals surface area contributed by atoms with Gasteiger partial charge in [0.25, 0.3) is 0 Å². The number of esters is 1. The molecule has 5 heteroatoms. The van der Waals surface area contributed by atoms with Crippen LogP contribution in [0.5, 0.6) is 0 Å². The lowest BCUT2D eigenvalue weighted by molar-refractivity contribution is -0.148. The van der Waals surface area contributed by atoms with Crippen molar-refractivity contribution in [1.29, 1.82) is 0 Å². The summed E-state index contributed by atoms with van der Waals surface area (Å²) < 4.78 is 10.6. The molecule has 1 atom stereocenters. The Labute approximate surface area is 116 Å². The molecule has 0 aliphatic carbocycles. The van der Waals surface area contributed by atoms with Crippen molar-refractivity contribution >= 4 is 5.97 Å². The van der Waals surface area contributed by atoms with Crippen molar-refractivity contribution in [2.45, 2.75) is 39.3 Å². The summed E-state index contributed by atoms with van der Waals surface area (Å²) in [4.78, 5) is 16.1. The van der Waals surface area contributed by atoms with Gasteiger partial charge in [0.05, 0.1) is 19.8 Å². The molecule has 0 saturated carbocycles. The third-order valence-electron chi connectivity index (χ3n) is 3.66. The van der Waals surface area contributed by atoms with Crippen LogP contribution in [0.1, 0.15) is 27.7 Å². The lowest BCUT2D eigenvalue weighted by Gasteiger charge is -2.36. The van der Waals surface area contributed by atoms with Crippen LogP contribution in [0.25, 0.3) is 0 Å². The number of nitrogens with zero attached hydrogens (tertiary/aromatic N) is 2. The first-order chi connectivity index (χ1) is 8.80. The zero-order valence-electron chi connectivity index (χ0n) is 12.9. The molecule has 1 rings (SSSR count). The van der Waals surface area contributed by atoms with Gasteiger partial charge >= 0.3 is 5.97 Å². The van der Waals surface area contributed by atoms with Gasteiger partial charge in [-0.05, 0) is 34.7 Å². The average Bonchev–Trinajstić information content (AvgIpc) is 2.35. The number of hydrogen-bond donors (Lipinski definition) is 0. The van der Waals surface area contributed by atoms with Gasteiger partial charge in [0, 0.05) is 24.7 Å². The van der Waals surface area contributed by atoms with Gasteiger partial charge in [0.1, 0.15) is 6.61 Å². The van der Waals surface area contributed by atoms with Crippen LogP contribution in [0.4, 0.5) is 0 Å². The molecule has 0 aromatic heterocycles. The van der Waals surface area contributed by atoms with Crippen LogP contribution in [0, 0.1) is 0 Å². The lowest BCUT2D eigenvalue weighted by atomic mass is 10.1. The van der Waals surface area contributed by atoms with Crippen LogP contribution in [-0.2, 0) is 14.3 Å². The molecule has 0 bridgehead atoms. The molecule has 1 saturated heterocycles. The van der Waals surface area contributed by atoms with E-state index in [4.69, 9.17) is 9.47 Å². The highest BCUT2D eigenvalue weighted by molar-refractivity contribution is 5.71. The molecule has 0 spiro atoms. The zero-order valence-corrected chi connectivity index (χ0v) is 12.9. The fourth-order valence-corrected chi connectivity index (χ4v) is 1.97. The number of carbonyl (C=O) groups is 1. The Morgan fingerprint density at radius 1 is 1.37 bits per heavy atom. The fraction of sp³-hybridized carbons (Fsp3) is 0.929. The maximum atomic E-state index is 11.8. The summed E-state index contributed by atoms with van der Waals surface area (Å²) in [5.41, 5.74) is 0.0794. The van der Waals surface area contributed by atoms with Crippen molar-refractivity contribution in [3.63, 3.8) is 0 Å². The van der Waals surface area contributed by atoms with Crippen molar-refractivity contribution in [3.8, 4) is 0 Å². The van der Waals surface area contributed by atoms with E-state index < -0.39 is 0 Å². The average molecular weight is 272 g/mol. The number of carbonyl (C=O) groups excluding carboxylic acids is 1. The van der Waals surface area contributed by atoms with E-state index >= 15 is 0 Å². The van der Waals surface area contributed by atoms with Crippen LogP contribution in [-0.4, -0.2) is 73.9 Å². The van der Waals surface area contributed by atoms with Gasteiger partial charge in [-0.2, -0.15) is 0 Å². The van der Waals surface area contributed by atoms with E-state index in [2.05, 4.69) is 44.5 Å². The quantitative estimate of drug-likeness (QED) is 0.698. The summed E-state index contributed by atoms with van der Waals surface area (Å²) >= 11 is 0. The van der Waals surface area contributed by atoms with Crippen molar-refractivity contribution in [2.75, 3.05) is 46.5 Å². The molecule has 1 heterocycles. The zero-order chi connectivity index (χ0) is 14.5. The summed E-state index contributed by atoms with van der Waals surface area (Å²) in [7, 11) is 2.06. The van der Waals surface area contributed by atoms with E-state index in [9.17, 15) is 4.79 Å². The minimum Gasteiger partial charge on any atom is -0.463 e. The van der Waals surface area contributed by atoms with E-state index in [-0.39, 0.29) is 17.6 Å². The third-order valence-corrected chi connectivity index (χ3v) is 3.66. The molecule has 0 radical (unpaired) electrons. The molecule has 1 fully saturated rings. The van der Waals surface area contributed by atoms with E-state index in [1.165, 1.54) is 0 Å². The van der Waals surface area contributed by atoms with Crippen LogP contribution < -0.4 is 0 Å². The largest absolute Gasteiger partial charge is 0.463 e. The molecule has 1 aliphatic heterocycles. The smallest absolute Gasteiger partial charge is 0.320 e. The standard InChI is InChI=1S/C14H28N2O3/c1-12(15(5)14(2,3)4)11-19-13(17)10-16-6-8-18-9-7-16/h12H,6-11H2,1-5H3/t12-/m1/s1. The van der Waals surface area contributed by atoms with Crippen LogP contribution in [0.3, 0.4) is 0 Å². The number of hydrogen-bond acceptors (Lipinski definition) is 5. The van der Waals surface area contributed by atoms with Crippen LogP contribution in [0.15, 0.2) is 0 Å². The molecule has 0 N–H and O–H groups in total. The van der Waals surface area contributed by atoms with Crippen molar-refractivity contribution in [1.82, 2.24) is 9.80 Å². The fourth-order valence-electron chi connectivity index (χ4n) is 1.97. The minimum atomic E-state index is -0.143. The first-order valence-electron chi connectivity index (χ1n) is 6.99. The second-order valence-corrected chi connectivity index (χ2v) is 6.20. The van der Waals surface area contributed by atoms with Gasteiger partial charge < -0.3 is 9.47 Å². The molecular formula is C14H28N2O3. The maximum Gasteiger partial charge on any atom is 0.320 e. The number of morpholine rings is 1. The van der Waals surface area contributed by atoms with Crippen molar-refractivity contribution in [2.24, 2.45) is 0 Å². The Balaban J connectivity index is 2.25. The number of likely N-dealkylation sites (N-methyl/N-ethyl adjacent to an activating group) is 1. The van der Waals surface area contributed by atoms with E-state index in [0.29, 0.717) is 26.4 Å². The molecule has 0 aromatic rings. The Bertz CT molecular complexity index is 283. The Morgan fingerprint density at radius 3 is 2.47 bits per heavy atom. The summed E-state index contributed by atoms with van der Waals surface area (Å²) in [5, 5.41) is 0. The van der Waals surface area contributed by atoms with Crippen LogP contribution in [0.2, 0.25) is 0 Å². The molecule has 5 nitrogen and oxygen atoms in total. The Hall–Kier alpha value is -0.650. The first kappa shape index (κ1) is 16.4. The van der Waals surface area contributed by atoms with E-state index in [1.54, 1.807) is 0 Å². The van der Waals surface area contributed by atoms with Gasteiger partial charge in [-0.25, -0.2) is 0 Å². The Kier molecular flexibility index (Phi) is 6.23. The Morgan fingerprint density at radius 2 is 1.95 bits per heavy atom. The molecule has 1 aliphatic rings. The van der Waals surface area contributed by atoms with Gasteiger partial charge in [-0.3, -0.25) is 14.6 Å². The topological polar surface area (TPSA) is 42.0 Å². The highest BCUT2D eigenvalue weighted by Gasteiger charge is 2.23. The summed E-state index contributed by atoms with van der Waals surface area (Å²) in [6.45, 7) is 12.4. The van der Waals surface area contributed by atoms with Gasteiger partial charge in [-0.15, -0.1) is 0 Å². The molecule has 0 unspecified atom stereocenters. The van der Waals surface area contributed by atoms with Gasteiger partial charge in [0.2, 0.25) is 0 Å². The van der Waals surface area contributed by atoms with Crippen molar-refractivity contribution in [3.05, 3.63) is 0 Å².